The van der Waals surface area contributed by atoms with E-state index in [9.17, 15) is 0 Å². The van der Waals surface area contributed by atoms with Crippen molar-refractivity contribution in [1.29, 1.82) is 5.26 Å². The Morgan fingerprint density at radius 3 is 2.74 bits per heavy atom. The third-order valence-electron chi connectivity index (χ3n) is 3.46. The number of rotatable bonds is 5. The van der Waals surface area contributed by atoms with Crippen LogP contribution in [0.15, 0.2) is 18.2 Å². The summed E-state index contributed by atoms with van der Waals surface area (Å²) in [5.41, 5.74) is 8.18. The third-order valence-corrected chi connectivity index (χ3v) is 3.46. The molecule has 0 amide bonds. The molecule has 1 aromatic carbocycles. The molecule has 5 nitrogen and oxygen atoms in total. The molecule has 0 aliphatic rings. The molecule has 0 bridgehead atoms. The van der Waals surface area contributed by atoms with Gasteiger partial charge in [0.25, 0.3) is 0 Å². The van der Waals surface area contributed by atoms with Gasteiger partial charge in [-0.05, 0) is 25.2 Å². The smallest absolute Gasteiger partial charge is 0.201 e. The second-order valence-corrected chi connectivity index (χ2v) is 4.43. The number of nitrogen functional groups attached to an aromatic ring is 1. The van der Waals surface area contributed by atoms with E-state index in [0.717, 1.165) is 31.7 Å². The van der Waals surface area contributed by atoms with Crippen molar-refractivity contribution in [2.75, 3.05) is 25.4 Å². The summed E-state index contributed by atoms with van der Waals surface area (Å²) in [4.78, 5) is 6.65. The Labute approximate surface area is 113 Å². The fourth-order valence-corrected chi connectivity index (χ4v) is 2.27. The molecule has 0 fully saturated rings. The Morgan fingerprint density at radius 1 is 1.37 bits per heavy atom. The van der Waals surface area contributed by atoms with E-state index in [1.807, 2.05) is 16.7 Å². The molecule has 0 saturated carbocycles. The van der Waals surface area contributed by atoms with E-state index in [-0.39, 0.29) is 0 Å². The second kappa shape index (κ2) is 5.72. The Hall–Kier alpha value is -2.06. The highest BCUT2D eigenvalue weighted by atomic mass is 15.2. The molecule has 100 valence electrons. The lowest BCUT2D eigenvalue weighted by Gasteiger charge is -2.18. The van der Waals surface area contributed by atoms with Crippen LogP contribution in [0.3, 0.4) is 0 Å². The lowest BCUT2D eigenvalue weighted by atomic mass is 10.2. The van der Waals surface area contributed by atoms with Crippen LogP contribution in [0.4, 0.5) is 5.95 Å². The molecule has 0 aliphatic heterocycles. The zero-order chi connectivity index (χ0) is 13.8. The molecule has 0 atom stereocenters. The summed E-state index contributed by atoms with van der Waals surface area (Å²) in [5, 5.41) is 9.08. The predicted molar refractivity (Wildman–Crippen MR) is 76.6 cm³/mol. The summed E-state index contributed by atoms with van der Waals surface area (Å²) in [6.45, 7) is 8.05. The van der Waals surface area contributed by atoms with Gasteiger partial charge in [-0.1, -0.05) is 19.9 Å². The van der Waals surface area contributed by atoms with Gasteiger partial charge in [0, 0.05) is 13.1 Å². The number of nitriles is 1. The Kier molecular flexibility index (Phi) is 4.03. The Balaban J connectivity index is 2.34. The zero-order valence-corrected chi connectivity index (χ0v) is 11.4. The fourth-order valence-electron chi connectivity index (χ4n) is 2.27. The highest BCUT2D eigenvalue weighted by Gasteiger charge is 2.11. The summed E-state index contributed by atoms with van der Waals surface area (Å²) in [6.07, 6.45) is 0. The highest BCUT2D eigenvalue weighted by molar-refractivity contribution is 5.83. The molecule has 19 heavy (non-hydrogen) atoms. The SMILES string of the molecule is CCN(CC)CCn1c(N)nc2c(C#N)cccc21. The molecule has 0 aliphatic carbocycles. The van der Waals surface area contributed by atoms with Gasteiger partial charge < -0.3 is 15.2 Å². The van der Waals surface area contributed by atoms with Crippen molar-refractivity contribution in [3.05, 3.63) is 23.8 Å². The minimum atomic E-state index is 0.477. The number of fused-ring (bicyclic) bond motifs is 1. The van der Waals surface area contributed by atoms with Crippen LogP contribution in [-0.2, 0) is 6.54 Å². The number of para-hydroxylation sites is 1. The fraction of sp³-hybridized carbons (Fsp3) is 0.429. The van der Waals surface area contributed by atoms with Crippen LogP contribution in [0, 0.1) is 11.3 Å². The largest absolute Gasteiger partial charge is 0.369 e. The highest BCUT2D eigenvalue weighted by Crippen LogP contribution is 2.20. The lowest BCUT2D eigenvalue weighted by molar-refractivity contribution is 0.292. The molecule has 0 radical (unpaired) electrons. The first-order valence-corrected chi connectivity index (χ1v) is 6.58. The number of anilines is 1. The Morgan fingerprint density at radius 2 is 2.11 bits per heavy atom. The monoisotopic (exact) mass is 257 g/mol. The van der Waals surface area contributed by atoms with Crippen molar-refractivity contribution in [2.45, 2.75) is 20.4 Å². The molecule has 5 heteroatoms. The first kappa shape index (κ1) is 13.4. The van der Waals surface area contributed by atoms with E-state index in [1.54, 1.807) is 6.07 Å². The van der Waals surface area contributed by atoms with E-state index in [2.05, 4.69) is 29.8 Å². The summed E-state index contributed by atoms with van der Waals surface area (Å²) in [5.74, 6) is 0.477. The van der Waals surface area contributed by atoms with Gasteiger partial charge in [-0.15, -0.1) is 0 Å². The standard InChI is InChI=1S/C14H19N5/c1-3-18(4-2)8-9-19-12-7-5-6-11(10-15)13(12)17-14(19)16/h5-7H,3-4,8-9H2,1-2H3,(H2,16,17). The molecule has 2 rings (SSSR count). The van der Waals surface area contributed by atoms with Gasteiger partial charge in [0.1, 0.15) is 11.6 Å². The van der Waals surface area contributed by atoms with E-state index >= 15 is 0 Å². The molecule has 1 heterocycles. The van der Waals surface area contributed by atoms with E-state index in [4.69, 9.17) is 11.0 Å². The zero-order valence-electron chi connectivity index (χ0n) is 11.4. The summed E-state index contributed by atoms with van der Waals surface area (Å²) in [6, 6.07) is 7.75. The average Bonchev–Trinajstić information content (AvgIpc) is 2.76. The van der Waals surface area contributed by atoms with Gasteiger partial charge in [0.2, 0.25) is 5.95 Å². The van der Waals surface area contributed by atoms with E-state index < -0.39 is 0 Å². The first-order valence-electron chi connectivity index (χ1n) is 6.58. The van der Waals surface area contributed by atoms with Crippen molar-refractivity contribution >= 4 is 17.0 Å². The van der Waals surface area contributed by atoms with Gasteiger partial charge in [0.05, 0.1) is 11.1 Å². The van der Waals surface area contributed by atoms with E-state index in [0.29, 0.717) is 17.0 Å². The van der Waals surface area contributed by atoms with Gasteiger partial charge in [-0.25, -0.2) is 4.98 Å². The minimum Gasteiger partial charge on any atom is -0.369 e. The van der Waals surface area contributed by atoms with Gasteiger partial charge in [-0.2, -0.15) is 5.26 Å². The van der Waals surface area contributed by atoms with Crippen molar-refractivity contribution in [3.8, 4) is 6.07 Å². The number of nitrogens with two attached hydrogens (primary N) is 1. The van der Waals surface area contributed by atoms with Crippen LogP contribution in [0.1, 0.15) is 19.4 Å². The Bertz CT molecular complexity index is 604. The summed E-state index contributed by atoms with van der Waals surface area (Å²) < 4.78 is 1.98. The molecule has 0 spiro atoms. The number of imidazole rings is 1. The van der Waals surface area contributed by atoms with E-state index in [1.165, 1.54) is 0 Å². The number of nitrogens with zero attached hydrogens (tertiary/aromatic N) is 4. The van der Waals surface area contributed by atoms with Crippen LogP contribution < -0.4 is 5.73 Å². The van der Waals surface area contributed by atoms with Crippen LogP contribution >= 0.6 is 0 Å². The normalized spacial score (nSPS) is 11.1. The number of hydrogen-bond acceptors (Lipinski definition) is 4. The quantitative estimate of drug-likeness (QED) is 0.887. The molecule has 0 unspecified atom stereocenters. The van der Waals surface area contributed by atoms with Crippen molar-refractivity contribution < 1.29 is 0 Å². The van der Waals surface area contributed by atoms with Crippen LogP contribution in [0.2, 0.25) is 0 Å². The van der Waals surface area contributed by atoms with Crippen LogP contribution in [-0.4, -0.2) is 34.1 Å². The number of hydrogen-bond donors (Lipinski definition) is 1. The number of likely N-dealkylation sites (N-methyl/N-ethyl adjacent to an activating group) is 1. The maximum atomic E-state index is 9.08. The van der Waals surface area contributed by atoms with Crippen LogP contribution in [0.25, 0.3) is 11.0 Å². The first-order chi connectivity index (χ1) is 9.21. The van der Waals surface area contributed by atoms with Crippen molar-refractivity contribution in [1.82, 2.24) is 14.5 Å². The molecule has 0 saturated heterocycles. The lowest BCUT2D eigenvalue weighted by Crippen LogP contribution is -2.27. The molecule has 2 N–H and O–H groups in total. The van der Waals surface area contributed by atoms with Gasteiger partial charge in [-0.3, -0.25) is 0 Å². The molecular weight excluding hydrogens is 238 g/mol. The molecule has 1 aromatic heterocycles. The topological polar surface area (TPSA) is 70.9 Å². The minimum absolute atomic E-state index is 0.477. The van der Waals surface area contributed by atoms with Crippen molar-refractivity contribution in [2.24, 2.45) is 0 Å². The third kappa shape index (κ3) is 2.54. The summed E-state index contributed by atoms with van der Waals surface area (Å²) >= 11 is 0. The van der Waals surface area contributed by atoms with Crippen molar-refractivity contribution in [3.63, 3.8) is 0 Å². The second-order valence-electron chi connectivity index (χ2n) is 4.43. The average molecular weight is 257 g/mol. The predicted octanol–water partition coefficient (Wildman–Crippen LogP) is 1.83. The van der Waals surface area contributed by atoms with Gasteiger partial charge >= 0.3 is 0 Å². The molecule has 2 aromatic rings. The summed E-state index contributed by atoms with van der Waals surface area (Å²) in [7, 11) is 0. The maximum Gasteiger partial charge on any atom is 0.201 e. The molecular formula is C14H19N5. The van der Waals surface area contributed by atoms with Crippen LogP contribution in [0.5, 0.6) is 0 Å². The number of aromatic nitrogens is 2. The number of benzene rings is 1. The maximum absolute atomic E-state index is 9.08. The van der Waals surface area contributed by atoms with Gasteiger partial charge in [0.15, 0.2) is 0 Å².